The van der Waals surface area contributed by atoms with Crippen molar-refractivity contribution in [1.82, 2.24) is 4.98 Å². The molecule has 2 heterocycles. The van der Waals surface area contributed by atoms with Gasteiger partial charge in [0.2, 0.25) is 0 Å². The minimum atomic E-state index is -0.771. The van der Waals surface area contributed by atoms with Gasteiger partial charge in [-0.1, -0.05) is 35.9 Å². The maximum absolute atomic E-state index is 11.3. The van der Waals surface area contributed by atoms with Gasteiger partial charge in [-0.3, -0.25) is 4.79 Å². The molecule has 0 amide bonds. The van der Waals surface area contributed by atoms with Crippen LogP contribution in [-0.4, -0.2) is 22.7 Å². The van der Waals surface area contributed by atoms with Crippen molar-refractivity contribution in [1.29, 1.82) is 0 Å². The number of thiazole rings is 1. The Balaban J connectivity index is 1.46. The van der Waals surface area contributed by atoms with Crippen LogP contribution in [0.1, 0.15) is 28.1 Å². The third-order valence-corrected chi connectivity index (χ3v) is 6.32. The second kappa shape index (κ2) is 8.25. The zero-order valence-corrected chi connectivity index (χ0v) is 17.3. The van der Waals surface area contributed by atoms with Crippen molar-refractivity contribution < 1.29 is 19.4 Å². The number of carboxylic acid groups (broad SMARTS) is 1. The van der Waals surface area contributed by atoms with Crippen LogP contribution >= 0.6 is 11.3 Å². The van der Waals surface area contributed by atoms with E-state index in [1.165, 1.54) is 5.56 Å². The van der Waals surface area contributed by atoms with E-state index in [0.29, 0.717) is 37.6 Å². The summed E-state index contributed by atoms with van der Waals surface area (Å²) < 4.78 is 11.8. The highest BCUT2D eigenvalue weighted by molar-refractivity contribution is 7.15. The van der Waals surface area contributed by atoms with Gasteiger partial charge in [-0.05, 0) is 38.3 Å². The Bertz CT molecular complexity index is 1030. The van der Waals surface area contributed by atoms with Crippen molar-refractivity contribution >= 4 is 17.3 Å². The first-order valence-corrected chi connectivity index (χ1v) is 10.5. The fourth-order valence-corrected chi connectivity index (χ4v) is 4.33. The highest BCUT2D eigenvalue weighted by Crippen LogP contribution is 2.32. The van der Waals surface area contributed by atoms with Gasteiger partial charge >= 0.3 is 5.97 Å². The van der Waals surface area contributed by atoms with Crippen LogP contribution in [0, 0.1) is 19.8 Å². The first-order chi connectivity index (χ1) is 14.0. The molecule has 6 heteroatoms. The summed E-state index contributed by atoms with van der Waals surface area (Å²) in [5, 5.41) is 10.3. The van der Waals surface area contributed by atoms with Crippen molar-refractivity contribution in [3.63, 3.8) is 0 Å². The van der Waals surface area contributed by atoms with E-state index < -0.39 is 11.9 Å². The van der Waals surface area contributed by atoms with Gasteiger partial charge in [0.05, 0.1) is 23.1 Å². The topological polar surface area (TPSA) is 68.7 Å². The summed E-state index contributed by atoms with van der Waals surface area (Å²) in [5.41, 5.74) is 4.23. The van der Waals surface area contributed by atoms with Gasteiger partial charge in [-0.15, -0.1) is 11.3 Å². The first-order valence-electron chi connectivity index (χ1n) is 9.64. The predicted molar refractivity (Wildman–Crippen MR) is 113 cm³/mol. The number of aliphatic carboxylic acids is 1. The van der Waals surface area contributed by atoms with E-state index in [2.05, 4.69) is 36.2 Å². The number of hydrogen-bond donors (Lipinski definition) is 1. The molecule has 0 saturated heterocycles. The molecule has 0 radical (unpaired) electrons. The van der Waals surface area contributed by atoms with E-state index in [9.17, 15) is 9.90 Å². The van der Waals surface area contributed by atoms with E-state index in [1.807, 2.05) is 25.1 Å². The van der Waals surface area contributed by atoms with Crippen molar-refractivity contribution in [2.24, 2.45) is 5.92 Å². The fraction of sp³-hybridized carbons (Fsp3) is 0.304. The summed E-state index contributed by atoms with van der Waals surface area (Å²) in [4.78, 5) is 17.1. The third-order valence-electron chi connectivity index (χ3n) is 5.14. The van der Waals surface area contributed by atoms with E-state index in [-0.39, 0.29) is 0 Å². The SMILES string of the molecule is Cc1ccc(-c2nc(C)c(COc3ccc4c(c3)OCC[C@@H](C(=O)O)C4)s2)cc1. The molecule has 0 spiro atoms. The third kappa shape index (κ3) is 4.43. The molecule has 0 fully saturated rings. The van der Waals surface area contributed by atoms with Gasteiger partial charge in [-0.2, -0.15) is 0 Å². The highest BCUT2D eigenvalue weighted by atomic mass is 32.1. The molecular formula is C23H23NO4S. The van der Waals surface area contributed by atoms with Crippen LogP contribution in [0.3, 0.4) is 0 Å². The Hall–Kier alpha value is -2.86. The Morgan fingerprint density at radius 3 is 2.79 bits per heavy atom. The summed E-state index contributed by atoms with van der Waals surface area (Å²) in [6.45, 7) is 4.91. The lowest BCUT2D eigenvalue weighted by atomic mass is 9.97. The van der Waals surface area contributed by atoms with E-state index >= 15 is 0 Å². The monoisotopic (exact) mass is 409 g/mol. The van der Waals surface area contributed by atoms with Crippen molar-refractivity contribution in [3.05, 3.63) is 64.2 Å². The van der Waals surface area contributed by atoms with Gasteiger partial charge < -0.3 is 14.6 Å². The number of benzene rings is 2. The van der Waals surface area contributed by atoms with Gasteiger partial charge in [0.25, 0.3) is 0 Å². The molecule has 2 aromatic carbocycles. The Kier molecular flexibility index (Phi) is 5.53. The first kappa shape index (κ1) is 19.5. The van der Waals surface area contributed by atoms with E-state index in [0.717, 1.165) is 26.7 Å². The number of rotatable bonds is 5. The zero-order valence-electron chi connectivity index (χ0n) is 16.5. The molecule has 3 aromatic rings. The van der Waals surface area contributed by atoms with E-state index in [1.54, 1.807) is 11.3 Å². The number of fused-ring (bicyclic) bond motifs is 1. The predicted octanol–water partition coefficient (Wildman–Crippen LogP) is 5.03. The molecule has 29 heavy (non-hydrogen) atoms. The molecule has 0 unspecified atom stereocenters. The Morgan fingerprint density at radius 2 is 2.03 bits per heavy atom. The molecular weight excluding hydrogens is 386 g/mol. The smallest absolute Gasteiger partial charge is 0.306 e. The van der Waals surface area contributed by atoms with Crippen LogP contribution in [0.25, 0.3) is 10.6 Å². The molecule has 1 aliphatic rings. The number of ether oxygens (including phenoxy) is 2. The standard InChI is InChI=1S/C23H23NO4S/c1-14-3-5-16(6-4-14)22-24-15(2)21(29-22)13-28-19-8-7-17-11-18(23(25)26)9-10-27-20(17)12-19/h3-8,12,18H,9-11,13H2,1-2H3,(H,25,26)/t18-/m1/s1. The maximum Gasteiger partial charge on any atom is 0.306 e. The normalized spacial score (nSPS) is 15.9. The second-order valence-electron chi connectivity index (χ2n) is 7.33. The Labute approximate surface area is 174 Å². The minimum absolute atomic E-state index is 0.400. The quantitative estimate of drug-likeness (QED) is 0.640. The van der Waals surface area contributed by atoms with Gasteiger partial charge in [0.15, 0.2) is 0 Å². The molecule has 4 rings (SSSR count). The number of carbonyl (C=O) groups is 1. The summed E-state index contributed by atoms with van der Waals surface area (Å²) >= 11 is 1.64. The van der Waals surface area contributed by atoms with Crippen LogP contribution < -0.4 is 9.47 Å². The lowest BCUT2D eigenvalue weighted by molar-refractivity contribution is -0.142. The van der Waals surface area contributed by atoms with Crippen LogP contribution in [0.2, 0.25) is 0 Å². The average molecular weight is 410 g/mol. The number of aromatic nitrogens is 1. The highest BCUT2D eigenvalue weighted by Gasteiger charge is 2.23. The van der Waals surface area contributed by atoms with Crippen LogP contribution in [0.15, 0.2) is 42.5 Å². The molecule has 0 saturated carbocycles. The summed E-state index contributed by atoms with van der Waals surface area (Å²) in [6.07, 6.45) is 1.00. The van der Waals surface area contributed by atoms with E-state index in [4.69, 9.17) is 9.47 Å². The molecule has 1 aromatic heterocycles. The lowest BCUT2D eigenvalue weighted by Crippen LogP contribution is -2.16. The van der Waals surface area contributed by atoms with Crippen LogP contribution in [0.4, 0.5) is 0 Å². The van der Waals surface area contributed by atoms with Crippen LogP contribution in [-0.2, 0) is 17.8 Å². The van der Waals surface area contributed by atoms with Gasteiger partial charge in [0.1, 0.15) is 23.1 Å². The zero-order chi connectivity index (χ0) is 20.4. The molecule has 5 nitrogen and oxygen atoms in total. The average Bonchev–Trinajstić information content (AvgIpc) is 2.94. The maximum atomic E-state index is 11.3. The summed E-state index contributed by atoms with van der Waals surface area (Å²) in [7, 11) is 0. The van der Waals surface area contributed by atoms with Crippen LogP contribution in [0.5, 0.6) is 11.5 Å². The lowest BCUT2D eigenvalue weighted by Gasteiger charge is -2.11. The molecule has 1 aliphatic heterocycles. The number of nitrogens with zero attached hydrogens (tertiary/aromatic N) is 1. The number of carboxylic acids is 1. The second-order valence-corrected chi connectivity index (χ2v) is 8.41. The van der Waals surface area contributed by atoms with Gasteiger partial charge in [-0.25, -0.2) is 4.98 Å². The molecule has 150 valence electrons. The number of hydrogen-bond acceptors (Lipinski definition) is 5. The number of aryl methyl sites for hydroxylation is 2. The minimum Gasteiger partial charge on any atom is -0.493 e. The molecule has 0 aliphatic carbocycles. The van der Waals surface area contributed by atoms with Gasteiger partial charge in [0, 0.05) is 11.6 Å². The summed E-state index contributed by atoms with van der Waals surface area (Å²) in [6, 6.07) is 14.0. The fourth-order valence-electron chi connectivity index (χ4n) is 3.35. The molecule has 1 N–H and O–H groups in total. The van der Waals surface area contributed by atoms with Crippen molar-refractivity contribution in [3.8, 4) is 22.1 Å². The Morgan fingerprint density at radius 1 is 1.24 bits per heavy atom. The summed E-state index contributed by atoms with van der Waals surface area (Å²) in [5.74, 6) is 0.254. The molecule has 0 bridgehead atoms. The molecule has 1 atom stereocenters. The van der Waals surface area contributed by atoms with Crippen molar-refractivity contribution in [2.75, 3.05) is 6.61 Å². The largest absolute Gasteiger partial charge is 0.493 e. The van der Waals surface area contributed by atoms with Crippen molar-refractivity contribution in [2.45, 2.75) is 33.3 Å².